The molecule has 0 fully saturated rings. The summed E-state index contributed by atoms with van der Waals surface area (Å²) in [5.41, 5.74) is 0.721. The number of benzene rings is 2. The molecular weight excluding hydrogens is 376 g/mol. The molecule has 0 amide bonds. The first-order valence-corrected chi connectivity index (χ1v) is 11.2. The van der Waals surface area contributed by atoms with E-state index in [1.54, 1.807) is 0 Å². The maximum absolute atomic E-state index is 12.3. The van der Waals surface area contributed by atoms with E-state index in [9.17, 15) is 5.11 Å². The second kappa shape index (κ2) is 8.68. The Morgan fingerprint density at radius 1 is 0.933 bits per heavy atom. The molecule has 5 heteroatoms. The molecule has 160 valence electrons. The van der Waals surface area contributed by atoms with Crippen LogP contribution in [0.15, 0.2) is 48.5 Å². The summed E-state index contributed by atoms with van der Waals surface area (Å²) in [5, 5.41) is 12.3. The largest absolute Gasteiger partial charge is 0.494 e. The molecule has 0 radical (unpaired) electrons. The van der Waals surface area contributed by atoms with Gasteiger partial charge in [-0.3, -0.25) is 4.58 Å². The van der Waals surface area contributed by atoms with Gasteiger partial charge in [0.2, 0.25) is 0 Å². The number of anilines is 1. The molecule has 30 heavy (non-hydrogen) atoms. The fraction of sp³-hybridized carbons (Fsp3) is 0.480. The van der Waals surface area contributed by atoms with Gasteiger partial charge in [0.15, 0.2) is 6.04 Å². The average molecular weight is 410 g/mol. The van der Waals surface area contributed by atoms with Gasteiger partial charge in [-0.1, -0.05) is 0 Å². The minimum Gasteiger partial charge on any atom is -0.494 e. The van der Waals surface area contributed by atoms with Crippen molar-refractivity contribution >= 4 is 11.5 Å². The molecule has 0 saturated carbocycles. The number of hydrogen-bond acceptors (Lipinski definition) is 4. The minimum absolute atomic E-state index is 0.0601. The van der Waals surface area contributed by atoms with E-state index in [4.69, 9.17) is 9.47 Å². The monoisotopic (exact) mass is 409 g/mol. The summed E-state index contributed by atoms with van der Waals surface area (Å²) >= 11 is 0. The van der Waals surface area contributed by atoms with Crippen LogP contribution in [-0.4, -0.2) is 41.3 Å². The molecule has 1 N–H and O–H groups in total. The van der Waals surface area contributed by atoms with Gasteiger partial charge in [0.05, 0.1) is 19.8 Å². The van der Waals surface area contributed by atoms with Crippen LogP contribution < -0.4 is 14.4 Å². The van der Waals surface area contributed by atoms with Gasteiger partial charge < -0.3 is 14.6 Å². The van der Waals surface area contributed by atoms with Gasteiger partial charge in [0.25, 0.3) is 11.6 Å². The lowest BCUT2D eigenvalue weighted by atomic mass is 9.93. The van der Waals surface area contributed by atoms with Crippen molar-refractivity contribution in [1.29, 1.82) is 0 Å². The second-order valence-corrected chi connectivity index (χ2v) is 8.04. The first-order valence-electron chi connectivity index (χ1n) is 11.2. The Balaban J connectivity index is 1.78. The van der Waals surface area contributed by atoms with Crippen molar-refractivity contribution in [2.45, 2.75) is 58.2 Å². The van der Waals surface area contributed by atoms with Crippen LogP contribution in [0.25, 0.3) is 0 Å². The SMILES string of the molecule is CCOc1ccc(N2C3=[N+](CCCCC3)[C@@H](C)[C@@]2(O)c2ccc(OCC)cc2)cc1. The van der Waals surface area contributed by atoms with E-state index in [0.29, 0.717) is 13.2 Å². The Morgan fingerprint density at radius 3 is 2.13 bits per heavy atom. The normalized spacial score (nSPS) is 23.9. The third kappa shape index (κ3) is 3.56. The van der Waals surface area contributed by atoms with Crippen molar-refractivity contribution in [1.82, 2.24) is 0 Å². The summed E-state index contributed by atoms with van der Waals surface area (Å²) in [4.78, 5) is 2.15. The lowest BCUT2D eigenvalue weighted by Gasteiger charge is -2.32. The zero-order valence-electron chi connectivity index (χ0n) is 18.3. The van der Waals surface area contributed by atoms with E-state index >= 15 is 0 Å². The van der Waals surface area contributed by atoms with E-state index < -0.39 is 5.72 Å². The van der Waals surface area contributed by atoms with Crippen molar-refractivity contribution in [2.75, 3.05) is 24.7 Å². The quantitative estimate of drug-likeness (QED) is 0.713. The van der Waals surface area contributed by atoms with E-state index in [-0.39, 0.29) is 6.04 Å². The van der Waals surface area contributed by atoms with E-state index in [2.05, 4.69) is 28.5 Å². The van der Waals surface area contributed by atoms with Gasteiger partial charge in [0.1, 0.15) is 17.2 Å². The molecule has 0 bridgehead atoms. The topological polar surface area (TPSA) is 44.9 Å². The van der Waals surface area contributed by atoms with Crippen molar-refractivity contribution in [3.63, 3.8) is 0 Å². The van der Waals surface area contributed by atoms with Gasteiger partial charge in [0, 0.05) is 12.0 Å². The van der Waals surface area contributed by atoms with E-state index in [1.807, 2.05) is 50.2 Å². The highest BCUT2D eigenvalue weighted by Crippen LogP contribution is 2.42. The summed E-state index contributed by atoms with van der Waals surface area (Å²) in [6.07, 6.45) is 4.50. The van der Waals surface area contributed by atoms with Crippen LogP contribution >= 0.6 is 0 Å². The van der Waals surface area contributed by atoms with E-state index in [0.717, 1.165) is 48.6 Å². The smallest absolute Gasteiger partial charge is 0.278 e. The molecule has 0 aliphatic carbocycles. The second-order valence-electron chi connectivity index (χ2n) is 8.04. The number of aliphatic hydroxyl groups is 1. The zero-order chi connectivity index (χ0) is 21.1. The standard InChI is InChI=1S/C25H33N2O3/c1-4-29-22-14-10-20(11-15-22)25(28)19(3)26-18-8-6-7-9-24(26)27(25)21-12-16-23(17-13-21)30-5-2/h10-17,19,28H,4-9,18H2,1-3H3/q+1/t19-,25+/m0/s1. The van der Waals surface area contributed by atoms with Crippen LogP contribution in [-0.2, 0) is 5.72 Å². The molecule has 2 aromatic carbocycles. The molecule has 0 unspecified atom stereocenters. The summed E-state index contributed by atoms with van der Waals surface area (Å²) in [5.74, 6) is 2.88. The lowest BCUT2D eigenvalue weighted by molar-refractivity contribution is -0.571. The highest BCUT2D eigenvalue weighted by atomic mass is 16.5. The van der Waals surface area contributed by atoms with Crippen molar-refractivity contribution in [3.8, 4) is 11.5 Å². The summed E-state index contributed by atoms with van der Waals surface area (Å²) in [6.45, 7) is 8.34. The molecule has 0 aromatic heterocycles. The summed E-state index contributed by atoms with van der Waals surface area (Å²) in [7, 11) is 0. The molecular formula is C25H33N2O3+. The van der Waals surface area contributed by atoms with Gasteiger partial charge in [-0.15, -0.1) is 0 Å². The molecule has 5 nitrogen and oxygen atoms in total. The molecule has 2 heterocycles. The number of hydrogen-bond donors (Lipinski definition) is 1. The third-order valence-corrected chi connectivity index (χ3v) is 6.28. The molecule has 2 aliphatic rings. The molecule has 2 aromatic rings. The Labute approximate surface area is 179 Å². The molecule has 0 spiro atoms. The zero-order valence-corrected chi connectivity index (χ0v) is 18.3. The Kier molecular flexibility index (Phi) is 6.00. The van der Waals surface area contributed by atoms with Gasteiger partial charge in [-0.2, -0.15) is 4.90 Å². The highest BCUT2D eigenvalue weighted by molar-refractivity contribution is 5.97. The molecule has 2 atom stereocenters. The van der Waals surface area contributed by atoms with Crippen LogP contribution in [0.4, 0.5) is 5.69 Å². The highest BCUT2D eigenvalue weighted by Gasteiger charge is 2.59. The van der Waals surface area contributed by atoms with Crippen LogP contribution in [0.5, 0.6) is 11.5 Å². The van der Waals surface area contributed by atoms with Crippen molar-refractivity contribution in [3.05, 3.63) is 54.1 Å². The molecule has 0 saturated heterocycles. The maximum atomic E-state index is 12.3. The average Bonchev–Trinajstić information content (AvgIpc) is 2.91. The first kappa shape index (κ1) is 20.7. The summed E-state index contributed by atoms with van der Waals surface area (Å²) in [6, 6.07) is 15.9. The maximum Gasteiger partial charge on any atom is 0.278 e. The van der Waals surface area contributed by atoms with Gasteiger partial charge >= 0.3 is 0 Å². The predicted octanol–water partition coefficient (Wildman–Crippen LogP) is 4.52. The fourth-order valence-corrected chi connectivity index (χ4v) is 4.81. The third-order valence-electron chi connectivity index (χ3n) is 6.28. The molecule has 2 aliphatic heterocycles. The Bertz CT molecular complexity index is 892. The van der Waals surface area contributed by atoms with Crippen molar-refractivity contribution < 1.29 is 19.2 Å². The Hall–Kier alpha value is -2.53. The number of nitrogens with zero attached hydrogens (tertiary/aromatic N) is 2. The first-order chi connectivity index (χ1) is 14.6. The fourth-order valence-electron chi connectivity index (χ4n) is 4.81. The van der Waals surface area contributed by atoms with Crippen LogP contribution in [0.2, 0.25) is 0 Å². The van der Waals surface area contributed by atoms with E-state index in [1.165, 1.54) is 12.3 Å². The van der Waals surface area contributed by atoms with Gasteiger partial charge in [-0.05, 0) is 88.6 Å². The number of ether oxygens (including phenoxy) is 2. The number of rotatable bonds is 6. The molecule has 4 rings (SSSR count). The van der Waals surface area contributed by atoms with Crippen LogP contribution in [0, 0.1) is 0 Å². The Morgan fingerprint density at radius 2 is 1.53 bits per heavy atom. The predicted molar refractivity (Wildman–Crippen MR) is 120 cm³/mol. The van der Waals surface area contributed by atoms with Gasteiger partial charge in [-0.25, -0.2) is 0 Å². The number of amidine groups is 1. The minimum atomic E-state index is -1.15. The van der Waals surface area contributed by atoms with Crippen LogP contribution in [0.3, 0.4) is 0 Å². The summed E-state index contributed by atoms with van der Waals surface area (Å²) < 4.78 is 13.7. The lowest BCUT2D eigenvalue weighted by Crippen LogP contribution is -2.51. The van der Waals surface area contributed by atoms with Crippen LogP contribution in [0.1, 0.15) is 52.0 Å². The van der Waals surface area contributed by atoms with Crippen molar-refractivity contribution in [2.24, 2.45) is 0 Å².